The summed E-state index contributed by atoms with van der Waals surface area (Å²) in [5.74, 6) is 2.61. The number of hydrogen-bond donors (Lipinski definition) is 2. The number of anilines is 1. The van der Waals surface area contributed by atoms with Crippen LogP contribution in [0, 0.1) is 5.92 Å². The summed E-state index contributed by atoms with van der Waals surface area (Å²) in [6.45, 7) is 3.22. The molecule has 2 N–H and O–H groups in total. The molecule has 2 aliphatic heterocycles. The number of nitrogens with one attached hydrogen (secondary N) is 2. The fraction of sp³-hybridized carbons (Fsp3) is 0.688. The normalized spacial score (nSPS) is 24.5. The zero-order chi connectivity index (χ0) is 14.9. The number of carbonyl (C=O) groups excluding carboxylic acids is 1. The van der Waals surface area contributed by atoms with Crippen LogP contribution >= 0.6 is 0 Å². The lowest BCUT2D eigenvalue weighted by molar-refractivity contribution is 0.0594. The van der Waals surface area contributed by atoms with E-state index in [0.29, 0.717) is 24.1 Å². The van der Waals surface area contributed by atoms with Crippen LogP contribution in [0.1, 0.15) is 53.5 Å². The number of ether oxygens (including phenoxy) is 1. The van der Waals surface area contributed by atoms with Gasteiger partial charge in [0.25, 0.3) is 5.91 Å². The van der Waals surface area contributed by atoms with Crippen molar-refractivity contribution in [2.24, 2.45) is 5.92 Å². The molecule has 1 amide bonds. The van der Waals surface area contributed by atoms with Gasteiger partial charge in [-0.1, -0.05) is 0 Å². The summed E-state index contributed by atoms with van der Waals surface area (Å²) in [6.07, 6.45) is 5.39. The lowest BCUT2D eigenvalue weighted by Crippen LogP contribution is -2.34. The smallest absolute Gasteiger partial charge is 0.270 e. The van der Waals surface area contributed by atoms with Gasteiger partial charge in [0, 0.05) is 31.2 Å². The first-order chi connectivity index (χ1) is 10.8. The first kappa shape index (κ1) is 13.9. The molecular formula is C16H22N4O2. The third kappa shape index (κ3) is 2.79. The lowest BCUT2D eigenvalue weighted by Gasteiger charge is -2.24. The molecule has 1 atom stereocenters. The molecular weight excluding hydrogens is 280 g/mol. The average Bonchev–Trinajstić information content (AvgIpc) is 3.39. The Kier molecular flexibility index (Phi) is 3.70. The van der Waals surface area contributed by atoms with Gasteiger partial charge in [-0.15, -0.1) is 0 Å². The fourth-order valence-electron chi connectivity index (χ4n) is 3.19. The highest BCUT2D eigenvalue weighted by Crippen LogP contribution is 2.39. The number of nitrogens with zero attached hydrogens (tertiary/aromatic N) is 2. The lowest BCUT2D eigenvalue weighted by atomic mass is 10.0. The van der Waals surface area contributed by atoms with Crippen molar-refractivity contribution >= 4 is 11.7 Å². The van der Waals surface area contributed by atoms with Crippen LogP contribution in [-0.2, 0) is 11.2 Å². The highest BCUT2D eigenvalue weighted by atomic mass is 16.5. The van der Waals surface area contributed by atoms with E-state index in [1.165, 1.54) is 6.42 Å². The predicted octanol–water partition coefficient (Wildman–Crippen LogP) is 1.48. The minimum Gasteiger partial charge on any atom is -0.381 e. The van der Waals surface area contributed by atoms with Gasteiger partial charge in [0.15, 0.2) is 0 Å². The third-order valence-electron chi connectivity index (χ3n) is 4.66. The molecule has 22 heavy (non-hydrogen) atoms. The minimum atomic E-state index is -0.0606. The van der Waals surface area contributed by atoms with Gasteiger partial charge in [-0.3, -0.25) is 4.79 Å². The highest BCUT2D eigenvalue weighted by Gasteiger charge is 2.31. The maximum atomic E-state index is 12.1. The summed E-state index contributed by atoms with van der Waals surface area (Å²) in [4.78, 5) is 21.3. The van der Waals surface area contributed by atoms with Crippen LogP contribution in [0.5, 0.6) is 0 Å². The van der Waals surface area contributed by atoms with Gasteiger partial charge < -0.3 is 15.4 Å². The Hall–Kier alpha value is -1.69. The van der Waals surface area contributed by atoms with Gasteiger partial charge in [-0.25, -0.2) is 9.97 Å². The van der Waals surface area contributed by atoms with Crippen LogP contribution in [0.15, 0.2) is 0 Å². The topological polar surface area (TPSA) is 76.1 Å². The van der Waals surface area contributed by atoms with E-state index in [1.54, 1.807) is 0 Å². The van der Waals surface area contributed by atoms with Crippen LogP contribution in [0.2, 0.25) is 0 Å². The van der Waals surface area contributed by atoms with Gasteiger partial charge >= 0.3 is 0 Å². The van der Waals surface area contributed by atoms with E-state index < -0.39 is 0 Å². The number of aromatic nitrogens is 2. The summed E-state index contributed by atoms with van der Waals surface area (Å²) < 4.78 is 5.54. The maximum Gasteiger partial charge on any atom is 0.270 e. The second-order valence-corrected chi connectivity index (χ2v) is 6.50. The number of carbonyl (C=O) groups is 1. The molecule has 6 nitrogen and oxygen atoms in total. The summed E-state index contributed by atoms with van der Waals surface area (Å²) >= 11 is 0. The van der Waals surface area contributed by atoms with Crippen molar-refractivity contribution in [2.45, 2.75) is 38.0 Å². The molecule has 0 spiro atoms. The molecule has 118 valence electrons. The Bertz CT molecular complexity index is 580. The van der Waals surface area contributed by atoms with Crippen molar-refractivity contribution in [3.63, 3.8) is 0 Å². The third-order valence-corrected chi connectivity index (χ3v) is 4.66. The number of fused-ring (bicyclic) bond motifs is 1. The Labute approximate surface area is 130 Å². The number of hydrogen-bond acceptors (Lipinski definition) is 5. The zero-order valence-corrected chi connectivity index (χ0v) is 12.7. The molecule has 1 aliphatic carbocycles. The quantitative estimate of drug-likeness (QED) is 0.881. The molecule has 3 aliphatic rings. The Morgan fingerprint density at radius 3 is 2.95 bits per heavy atom. The molecule has 0 aromatic carbocycles. The molecule has 6 heteroatoms. The number of rotatable bonds is 4. The first-order valence-corrected chi connectivity index (χ1v) is 8.32. The second-order valence-electron chi connectivity index (χ2n) is 6.50. The largest absolute Gasteiger partial charge is 0.381 e. The Balaban J connectivity index is 1.57. The van der Waals surface area contributed by atoms with Gasteiger partial charge in [-0.05, 0) is 38.0 Å². The van der Waals surface area contributed by atoms with E-state index in [0.717, 1.165) is 62.6 Å². The highest BCUT2D eigenvalue weighted by molar-refractivity contribution is 5.96. The van der Waals surface area contributed by atoms with E-state index in [4.69, 9.17) is 9.72 Å². The minimum absolute atomic E-state index is 0.0606. The SMILES string of the molecule is O=C1NCCc2c(NCC3CCCOC3)nc(C3CC3)nc21. The maximum absolute atomic E-state index is 12.1. The van der Waals surface area contributed by atoms with Crippen molar-refractivity contribution in [2.75, 3.05) is 31.6 Å². The van der Waals surface area contributed by atoms with Crippen molar-refractivity contribution in [1.82, 2.24) is 15.3 Å². The molecule has 1 saturated carbocycles. The summed E-state index contributed by atoms with van der Waals surface area (Å²) in [6, 6.07) is 0. The van der Waals surface area contributed by atoms with Crippen molar-refractivity contribution in [3.05, 3.63) is 17.1 Å². The van der Waals surface area contributed by atoms with Crippen molar-refractivity contribution in [3.8, 4) is 0 Å². The second kappa shape index (κ2) is 5.83. The van der Waals surface area contributed by atoms with Gasteiger partial charge in [-0.2, -0.15) is 0 Å². The van der Waals surface area contributed by atoms with Gasteiger partial charge in [0.1, 0.15) is 17.3 Å². The fourth-order valence-corrected chi connectivity index (χ4v) is 3.19. The molecule has 0 radical (unpaired) electrons. The van der Waals surface area contributed by atoms with Gasteiger partial charge in [0.2, 0.25) is 0 Å². The predicted molar refractivity (Wildman–Crippen MR) is 82.1 cm³/mol. The van der Waals surface area contributed by atoms with Crippen molar-refractivity contribution < 1.29 is 9.53 Å². The molecule has 2 fully saturated rings. The molecule has 1 aromatic heterocycles. The Morgan fingerprint density at radius 1 is 1.27 bits per heavy atom. The van der Waals surface area contributed by atoms with Crippen molar-refractivity contribution in [1.29, 1.82) is 0 Å². The zero-order valence-electron chi connectivity index (χ0n) is 12.7. The van der Waals surface area contributed by atoms with E-state index in [-0.39, 0.29) is 5.91 Å². The molecule has 3 heterocycles. The molecule has 1 saturated heterocycles. The van der Waals surface area contributed by atoms with Crippen LogP contribution in [0.3, 0.4) is 0 Å². The molecule has 1 unspecified atom stereocenters. The van der Waals surface area contributed by atoms with E-state index in [1.807, 2.05) is 0 Å². The molecule has 0 bridgehead atoms. The first-order valence-electron chi connectivity index (χ1n) is 8.32. The average molecular weight is 302 g/mol. The van der Waals surface area contributed by atoms with Crippen LogP contribution in [-0.4, -0.2) is 42.2 Å². The van der Waals surface area contributed by atoms with Crippen LogP contribution < -0.4 is 10.6 Å². The monoisotopic (exact) mass is 302 g/mol. The van der Waals surface area contributed by atoms with Gasteiger partial charge in [0.05, 0.1) is 6.61 Å². The summed E-state index contributed by atoms with van der Waals surface area (Å²) in [5.41, 5.74) is 1.55. The number of amides is 1. The van der Waals surface area contributed by atoms with E-state index in [2.05, 4.69) is 15.6 Å². The van der Waals surface area contributed by atoms with E-state index >= 15 is 0 Å². The standard InChI is InChI=1S/C16H22N4O2/c21-16-13-12(5-6-17-16)15(20-14(19-13)11-3-4-11)18-8-10-2-1-7-22-9-10/h10-11H,1-9H2,(H,17,21)(H,18,19,20). The summed E-state index contributed by atoms with van der Waals surface area (Å²) in [7, 11) is 0. The summed E-state index contributed by atoms with van der Waals surface area (Å²) in [5, 5.41) is 6.36. The Morgan fingerprint density at radius 2 is 2.18 bits per heavy atom. The van der Waals surface area contributed by atoms with E-state index in [9.17, 15) is 4.79 Å². The van der Waals surface area contributed by atoms with Crippen LogP contribution in [0.4, 0.5) is 5.82 Å². The van der Waals surface area contributed by atoms with Crippen LogP contribution in [0.25, 0.3) is 0 Å². The molecule has 4 rings (SSSR count). The molecule has 1 aromatic rings.